The van der Waals surface area contributed by atoms with Crippen LogP contribution in [0, 0.1) is 6.92 Å². The summed E-state index contributed by atoms with van der Waals surface area (Å²) in [4.78, 5) is 11.6. The van der Waals surface area contributed by atoms with Crippen LogP contribution in [0.3, 0.4) is 0 Å². The van der Waals surface area contributed by atoms with E-state index < -0.39 is 36.3 Å². The van der Waals surface area contributed by atoms with E-state index in [2.05, 4.69) is 0 Å². The van der Waals surface area contributed by atoms with Gasteiger partial charge in [-0.25, -0.2) is 4.79 Å². The number of aryl methyl sites for hydroxylation is 1. The minimum absolute atomic E-state index is 0.0360. The van der Waals surface area contributed by atoms with Gasteiger partial charge in [0.05, 0.1) is 12.7 Å². The maximum absolute atomic E-state index is 11.6. The third-order valence-corrected chi connectivity index (χ3v) is 4.44. The van der Waals surface area contributed by atoms with Crippen LogP contribution in [-0.4, -0.2) is 58.7 Å². The SMILES string of the molecule is Cc1cc(=O)oc2cc(O[C@@H]3O[C@H](COC(C)C)[C@H](O)[C@H](O)[C@H]3O)ccc12. The van der Waals surface area contributed by atoms with Gasteiger partial charge in [-0.05, 0) is 38.5 Å². The highest BCUT2D eigenvalue weighted by molar-refractivity contribution is 5.81. The first-order valence-corrected chi connectivity index (χ1v) is 8.78. The van der Waals surface area contributed by atoms with Crippen molar-refractivity contribution in [3.8, 4) is 5.75 Å². The Morgan fingerprint density at radius 3 is 2.56 bits per heavy atom. The van der Waals surface area contributed by atoms with Gasteiger partial charge in [0.1, 0.15) is 35.7 Å². The van der Waals surface area contributed by atoms with E-state index in [0.717, 1.165) is 10.9 Å². The van der Waals surface area contributed by atoms with Crippen LogP contribution in [0.5, 0.6) is 5.75 Å². The smallest absolute Gasteiger partial charge is 0.336 e. The van der Waals surface area contributed by atoms with Gasteiger partial charge >= 0.3 is 5.63 Å². The summed E-state index contributed by atoms with van der Waals surface area (Å²) in [7, 11) is 0. The van der Waals surface area contributed by atoms with E-state index in [1.54, 1.807) is 19.1 Å². The van der Waals surface area contributed by atoms with E-state index in [9.17, 15) is 20.1 Å². The van der Waals surface area contributed by atoms with E-state index in [1.807, 2.05) is 13.8 Å². The van der Waals surface area contributed by atoms with Gasteiger partial charge in [-0.15, -0.1) is 0 Å². The van der Waals surface area contributed by atoms with Crippen LogP contribution in [0.2, 0.25) is 0 Å². The fraction of sp³-hybridized carbons (Fsp3) is 0.526. The zero-order valence-electron chi connectivity index (χ0n) is 15.4. The van der Waals surface area contributed by atoms with E-state index in [-0.39, 0.29) is 18.5 Å². The maximum Gasteiger partial charge on any atom is 0.336 e. The third kappa shape index (κ3) is 4.31. The molecule has 148 valence electrons. The number of benzene rings is 1. The molecule has 0 bridgehead atoms. The number of aliphatic hydroxyl groups excluding tert-OH is 3. The van der Waals surface area contributed by atoms with Crippen molar-refractivity contribution in [1.82, 2.24) is 0 Å². The number of hydrogen-bond donors (Lipinski definition) is 3. The highest BCUT2D eigenvalue weighted by Crippen LogP contribution is 2.27. The molecule has 2 heterocycles. The van der Waals surface area contributed by atoms with Gasteiger partial charge in [-0.1, -0.05) is 0 Å². The Labute approximate surface area is 155 Å². The first-order valence-electron chi connectivity index (χ1n) is 8.78. The first kappa shape index (κ1) is 19.8. The molecule has 1 fully saturated rings. The molecule has 1 aliphatic heterocycles. The second-order valence-electron chi connectivity index (χ2n) is 6.92. The summed E-state index contributed by atoms with van der Waals surface area (Å²) in [5.41, 5.74) is 0.629. The Morgan fingerprint density at radius 2 is 1.85 bits per heavy atom. The van der Waals surface area contributed by atoms with Crippen LogP contribution in [0.25, 0.3) is 11.0 Å². The van der Waals surface area contributed by atoms with E-state index >= 15 is 0 Å². The second kappa shape index (κ2) is 7.95. The van der Waals surface area contributed by atoms with Crippen molar-refractivity contribution in [1.29, 1.82) is 0 Å². The summed E-state index contributed by atoms with van der Waals surface area (Å²) in [6, 6.07) is 6.27. The Kier molecular flexibility index (Phi) is 5.83. The number of ether oxygens (including phenoxy) is 3. The quantitative estimate of drug-likeness (QED) is 0.649. The van der Waals surface area contributed by atoms with Crippen LogP contribution in [0.15, 0.2) is 33.5 Å². The van der Waals surface area contributed by atoms with Gasteiger partial charge in [0.25, 0.3) is 0 Å². The molecular formula is C19H24O8. The van der Waals surface area contributed by atoms with Crippen LogP contribution < -0.4 is 10.4 Å². The summed E-state index contributed by atoms with van der Waals surface area (Å²) in [5.74, 6) is 0.285. The highest BCUT2D eigenvalue weighted by Gasteiger charge is 2.45. The van der Waals surface area contributed by atoms with Gasteiger partial charge in [-0.3, -0.25) is 0 Å². The molecule has 1 aliphatic rings. The van der Waals surface area contributed by atoms with Crippen LogP contribution in [0.4, 0.5) is 0 Å². The molecule has 1 aromatic heterocycles. The van der Waals surface area contributed by atoms with Gasteiger partial charge in [0.2, 0.25) is 6.29 Å². The van der Waals surface area contributed by atoms with Crippen LogP contribution >= 0.6 is 0 Å². The molecule has 3 N–H and O–H groups in total. The normalized spacial score (nSPS) is 28.6. The Balaban J connectivity index is 1.80. The monoisotopic (exact) mass is 380 g/mol. The molecule has 3 rings (SSSR count). The average Bonchev–Trinajstić information content (AvgIpc) is 2.60. The fourth-order valence-corrected chi connectivity index (χ4v) is 2.95. The molecule has 5 atom stereocenters. The fourth-order valence-electron chi connectivity index (χ4n) is 2.95. The second-order valence-corrected chi connectivity index (χ2v) is 6.92. The Bertz CT molecular complexity index is 845. The van der Waals surface area contributed by atoms with Crippen molar-refractivity contribution in [3.63, 3.8) is 0 Å². The minimum Gasteiger partial charge on any atom is -0.462 e. The van der Waals surface area contributed by atoms with Crippen LogP contribution in [0.1, 0.15) is 19.4 Å². The Hall–Kier alpha value is -1.97. The third-order valence-electron chi connectivity index (χ3n) is 4.44. The zero-order chi connectivity index (χ0) is 19.7. The molecule has 0 saturated carbocycles. The van der Waals surface area contributed by atoms with Crippen molar-refractivity contribution in [2.45, 2.75) is 57.6 Å². The average molecular weight is 380 g/mol. The van der Waals surface area contributed by atoms with Gasteiger partial charge in [-0.2, -0.15) is 0 Å². The minimum atomic E-state index is -1.46. The number of aliphatic hydroxyl groups is 3. The van der Waals surface area contributed by atoms with Crippen molar-refractivity contribution < 1.29 is 33.9 Å². The summed E-state index contributed by atoms with van der Waals surface area (Å²) in [5, 5.41) is 31.1. The predicted molar refractivity (Wildman–Crippen MR) is 95.6 cm³/mol. The number of rotatable bonds is 5. The molecule has 8 nitrogen and oxygen atoms in total. The molecular weight excluding hydrogens is 356 g/mol. The Morgan fingerprint density at radius 1 is 1.11 bits per heavy atom. The molecule has 0 radical (unpaired) electrons. The molecule has 0 aliphatic carbocycles. The molecule has 1 saturated heterocycles. The molecule has 0 unspecified atom stereocenters. The lowest BCUT2D eigenvalue weighted by Gasteiger charge is -2.40. The molecule has 0 amide bonds. The van der Waals surface area contributed by atoms with Crippen molar-refractivity contribution in [3.05, 3.63) is 40.2 Å². The van der Waals surface area contributed by atoms with E-state index in [0.29, 0.717) is 5.58 Å². The summed E-state index contributed by atoms with van der Waals surface area (Å²) in [6.07, 6.45) is -6.40. The van der Waals surface area contributed by atoms with Gasteiger partial charge in [0.15, 0.2) is 0 Å². The molecule has 2 aromatic rings. The first-order chi connectivity index (χ1) is 12.8. The predicted octanol–water partition coefficient (Wildman–Crippen LogP) is 0.713. The van der Waals surface area contributed by atoms with Crippen LogP contribution in [-0.2, 0) is 9.47 Å². The number of fused-ring (bicyclic) bond motifs is 1. The topological polar surface area (TPSA) is 119 Å². The summed E-state index contributed by atoms with van der Waals surface area (Å²) < 4.78 is 21.9. The van der Waals surface area contributed by atoms with Crippen molar-refractivity contribution >= 4 is 11.0 Å². The summed E-state index contributed by atoms with van der Waals surface area (Å²) >= 11 is 0. The number of hydrogen-bond acceptors (Lipinski definition) is 8. The van der Waals surface area contributed by atoms with Crippen molar-refractivity contribution in [2.24, 2.45) is 0 Å². The lowest BCUT2D eigenvalue weighted by atomic mass is 9.99. The molecule has 27 heavy (non-hydrogen) atoms. The zero-order valence-corrected chi connectivity index (χ0v) is 15.4. The lowest BCUT2D eigenvalue weighted by molar-refractivity contribution is -0.281. The van der Waals surface area contributed by atoms with Crippen molar-refractivity contribution in [2.75, 3.05) is 6.61 Å². The maximum atomic E-state index is 11.6. The van der Waals surface area contributed by atoms with E-state index in [4.69, 9.17) is 18.6 Å². The molecule has 1 aromatic carbocycles. The lowest BCUT2D eigenvalue weighted by Crippen LogP contribution is -2.60. The molecule has 8 heteroatoms. The summed E-state index contributed by atoms with van der Waals surface area (Å²) in [6.45, 7) is 5.50. The van der Waals surface area contributed by atoms with E-state index in [1.165, 1.54) is 12.1 Å². The molecule has 0 spiro atoms. The van der Waals surface area contributed by atoms with Gasteiger partial charge in [0, 0.05) is 17.5 Å². The van der Waals surface area contributed by atoms with Gasteiger partial charge < -0.3 is 33.9 Å². The standard InChI is InChI=1S/C19H24O8/c1-9(2)24-8-14-16(21)17(22)18(23)19(27-14)25-11-4-5-12-10(3)6-15(20)26-13(12)7-11/h4-7,9,14,16-19,21-23H,8H2,1-3H3/t14-,16+,17+,18-,19-/m1/s1. The largest absolute Gasteiger partial charge is 0.462 e. The highest BCUT2D eigenvalue weighted by atomic mass is 16.7.